The van der Waals surface area contributed by atoms with Crippen LogP contribution < -0.4 is 9.47 Å². The third kappa shape index (κ3) is 3.44. The lowest BCUT2D eigenvalue weighted by atomic mass is 9.64. The molecule has 0 radical (unpaired) electrons. The van der Waals surface area contributed by atoms with Crippen LogP contribution in [0.3, 0.4) is 0 Å². The van der Waals surface area contributed by atoms with Crippen molar-refractivity contribution in [2.24, 2.45) is 5.92 Å². The minimum atomic E-state index is -0.426. The van der Waals surface area contributed by atoms with Crippen LogP contribution >= 0.6 is 0 Å². The molecule has 0 spiro atoms. The molecule has 3 nitrogen and oxygen atoms in total. The number of benzene rings is 1. The van der Waals surface area contributed by atoms with Crippen LogP contribution in [-0.2, 0) is 6.42 Å². The van der Waals surface area contributed by atoms with Crippen molar-refractivity contribution in [2.45, 2.75) is 76.9 Å². The molecule has 0 aromatic heterocycles. The molecule has 1 aromatic rings. The first kappa shape index (κ1) is 18.3. The summed E-state index contributed by atoms with van der Waals surface area (Å²) in [6.45, 7) is 10.6. The van der Waals surface area contributed by atoms with Crippen molar-refractivity contribution < 1.29 is 14.6 Å². The molecule has 3 unspecified atom stereocenters. The topological polar surface area (TPSA) is 38.7 Å². The maximum atomic E-state index is 10.3. The zero-order chi connectivity index (χ0) is 18.2. The van der Waals surface area contributed by atoms with Crippen LogP contribution in [0.5, 0.6) is 11.5 Å². The molecule has 3 atom stereocenters. The summed E-state index contributed by atoms with van der Waals surface area (Å²) in [7, 11) is 1.74. The molecule has 0 bridgehead atoms. The maximum absolute atomic E-state index is 10.3. The summed E-state index contributed by atoms with van der Waals surface area (Å²) in [5, 5.41) is 10.3. The Hall–Kier alpha value is -1.48. The van der Waals surface area contributed by atoms with Gasteiger partial charge in [-0.25, -0.2) is 0 Å². The highest BCUT2D eigenvalue weighted by atomic mass is 16.5. The summed E-state index contributed by atoms with van der Waals surface area (Å²) in [6, 6.07) is 4.39. The van der Waals surface area contributed by atoms with E-state index in [9.17, 15) is 5.11 Å². The number of hydrogen-bond acceptors (Lipinski definition) is 3. The van der Waals surface area contributed by atoms with Crippen molar-refractivity contribution in [3.8, 4) is 11.5 Å². The van der Waals surface area contributed by atoms with E-state index in [2.05, 4.69) is 39.5 Å². The van der Waals surface area contributed by atoms with E-state index in [1.165, 1.54) is 30.4 Å². The number of ether oxygens (including phenoxy) is 2. The van der Waals surface area contributed by atoms with Crippen molar-refractivity contribution in [2.75, 3.05) is 7.11 Å². The summed E-state index contributed by atoms with van der Waals surface area (Å²) in [5.74, 6) is 2.45. The molecule has 1 aromatic carbocycles. The van der Waals surface area contributed by atoms with Crippen LogP contribution in [0.2, 0.25) is 0 Å². The normalized spacial score (nSPS) is 27.2. The van der Waals surface area contributed by atoms with Gasteiger partial charge in [0.25, 0.3) is 0 Å². The predicted octanol–water partition coefficient (Wildman–Crippen LogP) is 5.01. The molecule has 0 saturated heterocycles. The van der Waals surface area contributed by atoms with Crippen LogP contribution in [0.15, 0.2) is 24.3 Å². The Kier molecular flexibility index (Phi) is 5.15. The lowest BCUT2D eigenvalue weighted by Crippen LogP contribution is -2.48. The van der Waals surface area contributed by atoms with Crippen molar-refractivity contribution in [1.82, 2.24) is 0 Å². The fourth-order valence-corrected chi connectivity index (χ4v) is 4.56. The highest BCUT2D eigenvalue weighted by molar-refractivity contribution is 5.53. The van der Waals surface area contributed by atoms with Crippen LogP contribution in [-0.4, -0.2) is 23.9 Å². The summed E-state index contributed by atoms with van der Waals surface area (Å²) in [5.41, 5.74) is 3.08. The first-order valence-corrected chi connectivity index (χ1v) is 9.63. The molecule has 1 N–H and O–H groups in total. The fraction of sp³-hybridized carbons (Fsp3) is 0.636. The summed E-state index contributed by atoms with van der Waals surface area (Å²) in [4.78, 5) is 0. The molecule has 25 heavy (non-hydrogen) atoms. The fourth-order valence-electron chi connectivity index (χ4n) is 4.56. The molecule has 138 valence electrons. The number of aryl methyl sites for hydroxylation is 1. The summed E-state index contributed by atoms with van der Waals surface area (Å²) >= 11 is 0. The Morgan fingerprint density at radius 3 is 2.76 bits per heavy atom. The third-order valence-electron chi connectivity index (χ3n) is 6.01. The predicted molar refractivity (Wildman–Crippen MR) is 102 cm³/mol. The quantitative estimate of drug-likeness (QED) is 0.603. The number of rotatable bonds is 5. The van der Waals surface area contributed by atoms with E-state index in [-0.39, 0.29) is 11.5 Å². The molecule has 1 fully saturated rings. The Morgan fingerprint density at radius 1 is 1.32 bits per heavy atom. The lowest BCUT2D eigenvalue weighted by Gasteiger charge is -2.49. The molecular weight excluding hydrogens is 312 g/mol. The summed E-state index contributed by atoms with van der Waals surface area (Å²) in [6.07, 6.45) is 5.80. The number of fused-ring (bicyclic) bond motifs is 3. The number of hydrogen-bond donors (Lipinski definition) is 1. The standard InChI is InChI=1S/C22H32O3/c1-6-7-8-9-15-11-19(24-5)21-16-10-14(2)18(23)13-17(16)22(3,4)25-20(21)12-15/h11-12,16-18,23H,2,6-10,13H2,1,3-5H3. The molecule has 1 aliphatic heterocycles. The third-order valence-corrected chi connectivity index (χ3v) is 6.01. The highest BCUT2D eigenvalue weighted by Gasteiger charge is 2.48. The summed E-state index contributed by atoms with van der Waals surface area (Å²) < 4.78 is 12.2. The SMILES string of the molecule is C=C1CC2c3c(OC)cc(CCCCC)cc3OC(C)(C)C2CC1O. The van der Waals surface area contributed by atoms with Crippen molar-refractivity contribution in [3.05, 3.63) is 35.4 Å². The van der Waals surface area contributed by atoms with Crippen molar-refractivity contribution >= 4 is 0 Å². The first-order chi connectivity index (χ1) is 11.9. The number of aliphatic hydroxyl groups excluding tert-OH is 1. The van der Waals surface area contributed by atoms with E-state index in [0.29, 0.717) is 12.3 Å². The minimum Gasteiger partial charge on any atom is -0.496 e. The lowest BCUT2D eigenvalue weighted by molar-refractivity contribution is -0.0238. The van der Waals surface area contributed by atoms with Gasteiger partial charge in [-0.15, -0.1) is 0 Å². The van der Waals surface area contributed by atoms with Crippen LogP contribution in [0.1, 0.15) is 69.9 Å². The molecule has 1 aliphatic carbocycles. The largest absolute Gasteiger partial charge is 0.496 e. The second kappa shape index (κ2) is 7.03. The zero-order valence-electron chi connectivity index (χ0n) is 16.1. The number of aliphatic hydroxyl groups is 1. The molecule has 1 heterocycles. The van der Waals surface area contributed by atoms with Crippen LogP contribution in [0.4, 0.5) is 0 Å². The van der Waals surface area contributed by atoms with Gasteiger partial charge >= 0.3 is 0 Å². The molecular formula is C22H32O3. The second-order valence-corrected chi connectivity index (χ2v) is 8.20. The van der Waals surface area contributed by atoms with Crippen molar-refractivity contribution in [3.63, 3.8) is 0 Å². The Labute approximate surface area is 152 Å². The van der Waals surface area contributed by atoms with Gasteiger partial charge in [0, 0.05) is 17.4 Å². The molecule has 1 saturated carbocycles. The van der Waals surface area contributed by atoms with Crippen LogP contribution in [0.25, 0.3) is 0 Å². The molecule has 0 amide bonds. The number of unbranched alkanes of at least 4 members (excludes halogenated alkanes) is 2. The van der Waals surface area contributed by atoms with E-state index in [1.54, 1.807) is 7.11 Å². The second-order valence-electron chi connectivity index (χ2n) is 8.20. The van der Waals surface area contributed by atoms with Gasteiger partial charge in [-0.2, -0.15) is 0 Å². The first-order valence-electron chi connectivity index (χ1n) is 9.63. The van der Waals surface area contributed by atoms with Gasteiger partial charge in [-0.3, -0.25) is 0 Å². The van der Waals surface area contributed by atoms with E-state index in [1.807, 2.05) is 0 Å². The molecule has 3 rings (SSSR count). The van der Waals surface area contributed by atoms with E-state index in [0.717, 1.165) is 29.9 Å². The van der Waals surface area contributed by atoms with Gasteiger partial charge in [0.05, 0.1) is 13.2 Å². The average Bonchev–Trinajstić information content (AvgIpc) is 2.55. The maximum Gasteiger partial charge on any atom is 0.127 e. The minimum absolute atomic E-state index is 0.264. The monoisotopic (exact) mass is 344 g/mol. The van der Waals surface area contributed by atoms with Gasteiger partial charge in [-0.1, -0.05) is 26.3 Å². The van der Waals surface area contributed by atoms with E-state index >= 15 is 0 Å². The Bertz CT molecular complexity index is 647. The Morgan fingerprint density at radius 2 is 2.08 bits per heavy atom. The van der Waals surface area contributed by atoms with Gasteiger partial charge in [0.2, 0.25) is 0 Å². The molecule has 3 heteroatoms. The van der Waals surface area contributed by atoms with Gasteiger partial charge in [-0.05, 0) is 62.8 Å². The van der Waals surface area contributed by atoms with Gasteiger partial charge < -0.3 is 14.6 Å². The van der Waals surface area contributed by atoms with Crippen LogP contribution in [0, 0.1) is 5.92 Å². The van der Waals surface area contributed by atoms with Gasteiger partial charge in [0.1, 0.15) is 17.1 Å². The number of methoxy groups -OCH3 is 1. The molecule has 2 aliphatic rings. The van der Waals surface area contributed by atoms with Crippen molar-refractivity contribution in [1.29, 1.82) is 0 Å². The Balaban J connectivity index is 2.00. The smallest absolute Gasteiger partial charge is 0.127 e. The van der Waals surface area contributed by atoms with Gasteiger partial charge in [0.15, 0.2) is 0 Å². The van der Waals surface area contributed by atoms with E-state index < -0.39 is 6.10 Å². The van der Waals surface area contributed by atoms with E-state index in [4.69, 9.17) is 9.47 Å². The average molecular weight is 344 g/mol. The highest BCUT2D eigenvalue weighted by Crippen LogP contribution is 2.55. The zero-order valence-corrected chi connectivity index (χ0v) is 16.1.